The van der Waals surface area contributed by atoms with Gasteiger partial charge in [-0.3, -0.25) is 14.5 Å². The van der Waals surface area contributed by atoms with Gasteiger partial charge in [-0.2, -0.15) is 0 Å². The van der Waals surface area contributed by atoms with E-state index in [1.165, 1.54) is 12.1 Å². The number of carbonyl (C=O) groups excluding carboxylic acids is 1. The minimum Gasteiger partial charge on any atom is -0.312 e. The predicted octanol–water partition coefficient (Wildman–Crippen LogP) is 3.60. The highest BCUT2D eigenvalue weighted by Gasteiger charge is 2.22. The first-order chi connectivity index (χ1) is 14.0. The van der Waals surface area contributed by atoms with Crippen LogP contribution in [-0.4, -0.2) is 25.9 Å². The van der Waals surface area contributed by atoms with Crippen molar-refractivity contribution in [2.75, 3.05) is 16.2 Å². The summed E-state index contributed by atoms with van der Waals surface area (Å²) in [6.45, 7) is 0.675. The second-order valence-electron chi connectivity index (χ2n) is 6.94. The molecule has 0 atom stereocenters. The van der Waals surface area contributed by atoms with Crippen LogP contribution in [0.3, 0.4) is 0 Å². The molecule has 1 N–H and O–H groups in total. The monoisotopic (exact) mass is 407 g/mol. The SMILES string of the molecule is O=C1CCCN1c1ccc(S(=O)(=O)Nc2ccc(Cc3ccccn3)cc2)cc1. The van der Waals surface area contributed by atoms with E-state index in [9.17, 15) is 13.2 Å². The van der Waals surface area contributed by atoms with E-state index in [0.29, 0.717) is 25.1 Å². The van der Waals surface area contributed by atoms with E-state index in [4.69, 9.17) is 0 Å². The van der Waals surface area contributed by atoms with E-state index < -0.39 is 10.0 Å². The Morgan fingerprint density at radius 3 is 2.34 bits per heavy atom. The smallest absolute Gasteiger partial charge is 0.261 e. The number of benzene rings is 2. The van der Waals surface area contributed by atoms with Crippen LogP contribution >= 0.6 is 0 Å². The Balaban J connectivity index is 1.44. The van der Waals surface area contributed by atoms with Crippen molar-refractivity contribution in [1.82, 2.24) is 4.98 Å². The van der Waals surface area contributed by atoms with Gasteiger partial charge in [0.25, 0.3) is 10.0 Å². The summed E-state index contributed by atoms with van der Waals surface area (Å²) in [6.07, 6.45) is 3.81. The summed E-state index contributed by atoms with van der Waals surface area (Å²) in [4.78, 5) is 18.0. The minimum absolute atomic E-state index is 0.0736. The fraction of sp³-hybridized carbons (Fsp3) is 0.182. The predicted molar refractivity (Wildman–Crippen MR) is 112 cm³/mol. The Morgan fingerprint density at radius 1 is 0.966 bits per heavy atom. The van der Waals surface area contributed by atoms with Crippen molar-refractivity contribution in [2.45, 2.75) is 24.2 Å². The molecule has 29 heavy (non-hydrogen) atoms. The molecule has 0 saturated carbocycles. The highest BCUT2D eigenvalue weighted by atomic mass is 32.2. The number of aromatic nitrogens is 1. The van der Waals surface area contributed by atoms with Gasteiger partial charge < -0.3 is 4.90 Å². The van der Waals surface area contributed by atoms with E-state index in [-0.39, 0.29) is 10.8 Å². The van der Waals surface area contributed by atoms with Gasteiger partial charge in [-0.05, 0) is 60.5 Å². The molecular weight excluding hydrogens is 386 g/mol. The highest BCUT2D eigenvalue weighted by Crippen LogP contribution is 2.24. The third kappa shape index (κ3) is 4.46. The summed E-state index contributed by atoms with van der Waals surface area (Å²) < 4.78 is 27.9. The first-order valence-electron chi connectivity index (χ1n) is 9.43. The Bertz CT molecular complexity index is 1100. The summed E-state index contributed by atoms with van der Waals surface area (Å²) in [7, 11) is -3.70. The third-order valence-corrected chi connectivity index (χ3v) is 6.25. The molecule has 1 saturated heterocycles. The quantitative estimate of drug-likeness (QED) is 0.677. The van der Waals surface area contributed by atoms with Gasteiger partial charge in [0.15, 0.2) is 0 Å². The van der Waals surface area contributed by atoms with Gasteiger partial charge in [0.1, 0.15) is 0 Å². The number of anilines is 2. The fourth-order valence-electron chi connectivity index (χ4n) is 3.34. The number of carbonyl (C=O) groups is 1. The second kappa shape index (κ2) is 8.05. The molecule has 6 nitrogen and oxygen atoms in total. The number of hydrogen-bond acceptors (Lipinski definition) is 4. The van der Waals surface area contributed by atoms with Gasteiger partial charge in [-0.15, -0.1) is 0 Å². The number of nitrogens with one attached hydrogen (secondary N) is 1. The summed E-state index contributed by atoms with van der Waals surface area (Å²) in [5.74, 6) is 0.0736. The molecule has 4 rings (SSSR count). The van der Waals surface area contributed by atoms with Gasteiger partial charge in [0.05, 0.1) is 4.90 Å². The van der Waals surface area contributed by atoms with Crippen LogP contribution < -0.4 is 9.62 Å². The maximum Gasteiger partial charge on any atom is 0.261 e. The number of pyridine rings is 1. The van der Waals surface area contributed by atoms with E-state index in [1.54, 1.807) is 35.4 Å². The first kappa shape index (κ1) is 19.1. The number of rotatable bonds is 6. The van der Waals surface area contributed by atoms with E-state index in [2.05, 4.69) is 9.71 Å². The Hall–Kier alpha value is -3.19. The van der Waals surface area contributed by atoms with Gasteiger partial charge in [0, 0.05) is 42.7 Å². The zero-order valence-corrected chi connectivity index (χ0v) is 16.6. The Labute approximate surface area is 170 Å². The largest absolute Gasteiger partial charge is 0.312 e. The molecule has 3 aromatic rings. The molecule has 1 amide bonds. The standard InChI is InChI=1S/C22H21N3O3S/c26-22-5-3-15-25(22)20-10-12-21(13-11-20)29(27,28)24-18-8-6-17(7-9-18)16-19-4-1-2-14-23-19/h1-2,4,6-14,24H,3,5,15-16H2. The Morgan fingerprint density at radius 2 is 1.72 bits per heavy atom. The minimum atomic E-state index is -3.70. The summed E-state index contributed by atoms with van der Waals surface area (Å²) >= 11 is 0. The van der Waals surface area contributed by atoms with Crippen molar-refractivity contribution in [1.29, 1.82) is 0 Å². The Kier molecular flexibility index (Phi) is 5.31. The maximum atomic E-state index is 12.7. The van der Waals surface area contributed by atoms with Crippen molar-refractivity contribution < 1.29 is 13.2 Å². The summed E-state index contributed by atoms with van der Waals surface area (Å²) in [6, 6.07) is 19.4. The molecule has 0 unspecified atom stereocenters. The average molecular weight is 407 g/mol. The molecule has 7 heteroatoms. The van der Waals surface area contributed by atoms with Crippen molar-refractivity contribution in [3.63, 3.8) is 0 Å². The van der Waals surface area contributed by atoms with Crippen molar-refractivity contribution >= 4 is 27.3 Å². The summed E-state index contributed by atoms with van der Waals surface area (Å²) in [5, 5.41) is 0. The van der Waals surface area contributed by atoms with Gasteiger partial charge in [0.2, 0.25) is 5.91 Å². The molecule has 1 fully saturated rings. The van der Waals surface area contributed by atoms with Crippen LogP contribution in [0.15, 0.2) is 77.8 Å². The van der Waals surface area contributed by atoms with Crippen molar-refractivity contribution in [2.24, 2.45) is 0 Å². The number of hydrogen-bond donors (Lipinski definition) is 1. The average Bonchev–Trinajstić information content (AvgIpc) is 3.16. The topological polar surface area (TPSA) is 79.4 Å². The van der Waals surface area contributed by atoms with E-state index in [0.717, 1.165) is 23.4 Å². The van der Waals surface area contributed by atoms with Crippen molar-refractivity contribution in [3.8, 4) is 0 Å². The van der Waals surface area contributed by atoms with Gasteiger partial charge in [-0.25, -0.2) is 8.42 Å². The molecule has 0 radical (unpaired) electrons. The van der Waals surface area contributed by atoms with Crippen LogP contribution in [0.25, 0.3) is 0 Å². The fourth-order valence-corrected chi connectivity index (χ4v) is 4.40. The van der Waals surface area contributed by atoms with Crippen LogP contribution in [0.1, 0.15) is 24.1 Å². The molecule has 2 aromatic carbocycles. The lowest BCUT2D eigenvalue weighted by molar-refractivity contribution is -0.117. The van der Waals surface area contributed by atoms with Crippen molar-refractivity contribution in [3.05, 3.63) is 84.2 Å². The first-order valence-corrected chi connectivity index (χ1v) is 10.9. The van der Waals surface area contributed by atoms with E-state index >= 15 is 0 Å². The lowest BCUT2D eigenvalue weighted by Gasteiger charge is -2.16. The maximum absolute atomic E-state index is 12.7. The van der Waals surface area contributed by atoms with Crippen LogP contribution in [-0.2, 0) is 21.2 Å². The summed E-state index contributed by atoms with van der Waals surface area (Å²) in [5.41, 5.74) is 3.22. The zero-order valence-electron chi connectivity index (χ0n) is 15.8. The normalized spacial score (nSPS) is 14.2. The third-order valence-electron chi connectivity index (χ3n) is 4.85. The molecule has 1 aliphatic rings. The number of sulfonamides is 1. The second-order valence-corrected chi connectivity index (χ2v) is 8.63. The van der Waals surface area contributed by atoms with Gasteiger partial charge >= 0.3 is 0 Å². The zero-order chi connectivity index (χ0) is 20.3. The molecule has 0 aliphatic carbocycles. The molecule has 1 aromatic heterocycles. The van der Waals surface area contributed by atoms with Crippen LogP contribution in [0, 0.1) is 0 Å². The number of amides is 1. The van der Waals surface area contributed by atoms with Crippen LogP contribution in [0.4, 0.5) is 11.4 Å². The lowest BCUT2D eigenvalue weighted by Crippen LogP contribution is -2.23. The lowest BCUT2D eigenvalue weighted by atomic mass is 10.1. The van der Waals surface area contributed by atoms with Gasteiger partial charge in [-0.1, -0.05) is 18.2 Å². The molecule has 0 bridgehead atoms. The molecule has 148 valence electrons. The molecule has 2 heterocycles. The molecule has 0 spiro atoms. The van der Waals surface area contributed by atoms with Crippen LogP contribution in [0.2, 0.25) is 0 Å². The molecule has 1 aliphatic heterocycles. The molecular formula is C22H21N3O3S. The van der Waals surface area contributed by atoms with E-state index in [1.807, 2.05) is 30.3 Å². The number of nitrogens with zero attached hydrogens (tertiary/aromatic N) is 2. The van der Waals surface area contributed by atoms with Crippen LogP contribution in [0.5, 0.6) is 0 Å². The highest BCUT2D eigenvalue weighted by molar-refractivity contribution is 7.92.